The second-order valence-corrected chi connectivity index (χ2v) is 8.69. The van der Waals surface area contributed by atoms with Crippen LogP contribution in [0.25, 0.3) is 0 Å². The van der Waals surface area contributed by atoms with Crippen molar-refractivity contribution < 1.29 is 9.84 Å². The number of ether oxygens (including phenoxy) is 1. The van der Waals surface area contributed by atoms with Gasteiger partial charge in [0.05, 0.1) is 12.7 Å². The number of aliphatic hydroxyl groups is 1. The highest BCUT2D eigenvalue weighted by Gasteiger charge is 2.45. The van der Waals surface area contributed by atoms with Gasteiger partial charge in [-0.15, -0.1) is 0 Å². The highest BCUT2D eigenvalue weighted by Crippen LogP contribution is 2.46. The normalized spacial score (nSPS) is 28.8. The van der Waals surface area contributed by atoms with Crippen molar-refractivity contribution in [3.8, 4) is 5.75 Å². The number of hydrogen-bond donors (Lipinski definition) is 1. The summed E-state index contributed by atoms with van der Waals surface area (Å²) < 4.78 is 5.28. The lowest BCUT2D eigenvalue weighted by atomic mass is 9.68. The summed E-state index contributed by atoms with van der Waals surface area (Å²) >= 11 is 0. The Morgan fingerprint density at radius 1 is 0.857 bits per heavy atom. The molecule has 2 aliphatic rings. The first-order chi connectivity index (χ1) is 13.6. The van der Waals surface area contributed by atoms with Gasteiger partial charge >= 0.3 is 0 Å². The van der Waals surface area contributed by atoms with Gasteiger partial charge in [-0.1, -0.05) is 48.9 Å². The molecule has 3 heteroatoms. The lowest BCUT2D eigenvalue weighted by Gasteiger charge is -2.52. The van der Waals surface area contributed by atoms with E-state index in [-0.39, 0.29) is 5.54 Å². The molecule has 2 aromatic carbocycles. The van der Waals surface area contributed by atoms with Crippen LogP contribution in [0, 0.1) is 0 Å². The number of piperidine rings is 1. The van der Waals surface area contributed by atoms with Crippen LogP contribution in [-0.4, -0.2) is 35.7 Å². The Bertz CT molecular complexity index is 742. The van der Waals surface area contributed by atoms with Crippen molar-refractivity contribution in [3.63, 3.8) is 0 Å². The summed E-state index contributed by atoms with van der Waals surface area (Å²) in [5, 5.41) is 11.4. The molecule has 1 aliphatic carbocycles. The SMILES string of the molecule is COc1ccc(C2(O)CCC(Cc3ccccc3)(N3CCCCC3)CC2)cc1. The highest BCUT2D eigenvalue weighted by atomic mass is 16.5. The molecule has 2 fully saturated rings. The van der Waals surface area contributed by atoms with Crippen LogP contribution in [0.5, 0.6) is 5.75 Å². The fourth-order valence-corrected chi connectivity index (χ4v) is 5.27. The van der Waals surface area contributed by atoms with E-state index in [1.807, 2.05) is 24.3 Å². The summed E-state index contributed by atoms with van der Waals surface area (Å²) in [5.41, 5.74) is 1.91. The first-order valence-corrected chi connectivity index (χ1v) is 10.8. The molecule has 0 atom stereocenters. The Labute approximate surface area is 169 Å². The van der Waals surface area contributed by atoms with Crippen molar-refractivity contribution in [1.29, 1.82) is 0 Å². The average molecular weight is 380 g/mol. The van der Waals surface area contributed by atoms with E-state index in [4.69, 9.17) is 4.74 Å². The molecule has 0 amide bonds. The molecule has 0 bridgehead atoms. The summed E-state index contributed by atoms with van der Waals surface area (Å²) in [5.74, 6) is 0.843. The minimum Gasteiger partial charge on any atom is -0.497 e. The zero-order chi connectivity index (χ0) is 19.5. The van der Waals surface area contributed by atoms with Gasteiger partial charge in [0.25, 0.3) is 0 Å². The van der Waals surface area contributed by atoms with Gasteiger partial charge in [-0.25, -0.2) is 0 Å². The third-order valence-electron chi connectivity index (χ3n) is 7.04. The van der Waals surface area contributed by atoms with E-state index in [9.17, 15) is 5.11 Å². The molecule has 1 heterocycles. The van der Waals surface area contributed by atoms with Crippen LogP contribution in [0.3, 0.4) is 0 Å². The van der Waals surface area contributed by atoms with Crippen LogP contribution < -0.4 is 4.74 Å². The number of rotatable bonds is 5. The van der Waals surface area contributed by atoms with E-state index >= 15 is 0 Å². The lowest BCUT2D eigenvalue weighted by Crippen LogP contribution is -2.56. The molecule has 1 N–H and O–H groups in total. The van der Waals surface area contributed by atoms with E-state index in [2.05, 4.69) is 35.2 Å². The van der Waals surface area contributed by atoms with E-state index < -0.39 is 5.60 Å². The second-order valence-electron chi connectivity index (χ2n) is 8.69. The van der Waals surface area contributed by atoms with E-state index in [1.165, 1.54) is 37.9 Å². The third kappa shape index (κ3) is 3.97. The van der Waals surface area contributed by atoms with Crippen LogP contribution in [0.2, 0.25) is 0 Å². The van der Waals surface area contributed by atoms with Gasteiger partial charge in [-0.2, -0.15) is 0 Å². The molecule has 0 aromatic heterocycles. The van der Waals surface area contributed by atoms with Gasteiger partial charge in [-0.3, -0.25) is 4.90 Å². The lowest BCUT2D eigenvalue weighted by molar-refractivity contribution is -0.0644. The van der Waals surface area contributed by atoms with Crippen molar-refractivity contribution >= 4 is 0 Å². The second kappa shape index (κ2) is 8.26. The maximum absolute atomic E-state index is 11.4. The van der Waals surface area contributed by atoms with Crippen molar-refractivity contribution in [3.05, 3.63) is 65.7 Å². The summed E-state index contributed by atoms with van der Waals surface area (Å²) in [7, 11) is 1.68. The molecule has 2 aromatic rings. The smallest absolute Gasteiger partial charge is 0.118 e. The van der Waals surface area contributed by atoms with E-state index in [0.717, 1.165) is 43.4 Å². The van der Waals surface area contributed by atoms with Gasteiger partial charge < -0.3 is 9.84 Å². The molecule has 4 rings (SSSR count). The molecular formula is C25H33NO2. The third-order valence-corrected chi connectivity index (χ3v) is 7.04. The quantitative estimate of drug-likeness (QED) is 0.800. The zero-order valence-corrected chi connectivity index (χ0v) is 17.1. The number of hydrogen-bond acceptors (Lipinski definition) is 3. The topological polar surface area (TPSA) is 32.7 Å². The first-order valence-electron chi connectivity index (χ1n) is 10.8. The Hall–Kier alpha value is -1.84. The maximum Gasteiger partial charge on any atom is 0.118 e. The van der Waals surface area contributed by atoms with Crippen molar-refractivity contribution in [2.45, 2.75) is 62.5 Å². The molecule has 3 nitrogen and oxygen atoms in total. The Morgan fingerprint density at radius 2 is 1.50 bits per heavy atom. The van der Waals surface area contributed by atoms with E-state index in [1.54, 1.807) is 7.11 Å². The molecule has 1 aliphatic heterocycles. The molecule has 28 heavy (non-hydrogen) atoms. The van der Waals surface area contributed by atoms with Gasteiger partial charge in [0.1, 0.15) is 5.75 Å². The Balaban J connectivity index is 1.55. The van der Waals surface area contributed by atoms with Gasteiger partial charge in [-0.05, 0) is 81.3 Å². The monoisotopic (exact) mass is 379 g/mol. The van der Waals surface area contributed by atoms with Gasteiger partial charge in [0.15, 0.2) is 0 Å². The van der Waals surface area contributed by atoms with Crippen LogP contribution >= 0.6 is 0 Å². The fourth-order valence-electron chi connectivity index (χ4n) is 5.27. The van der Waals surface area contributed by atoms with Crippen LogP contribution in [0.1, 0.15) is 56.1 Å². The molecule has 150 valence electrons. The van der Waals surface area contributed by atoms with Crippen molar-refractivity contribution in [1.82, 2.24) is 4.90 Å². The van der Waals surface area contributed by atoms with Crippen LogP contribution in [-0.2, 0) is 12.0 Å². The Morgan fingerprint density at radius 3 is 2.11 bits per heavy atom. The summed E-state index contributed by atoms with van der Waals surface area (Å²) in [6.45, 7) is 2.40. The fraction of sp³-hybridized carbons (Fsp3) is 0.520. The summed E-state index contributed by atoms with van der Waals surface area (Å²) in [4.78, 5) is 2.75. The largest absolute Gasteiger partial charge is 0.497 e. The predicted molar refractivity (Wildman–Crippen MR) is 114 cm³/mol. The predicted octanol–water partition coefficient (Wildman–Crippen LogP) is 4.92. The minimum atomic E-state index is -0.720. The van der Waals surface area contributed by atoms with Gasteiger partial charge in [0, 0.05) is 5.54 Å². The zero-order valence-electron chi connectivity index (χ0n) is 17.1. The molecule has 0 unspecified atom stereocenters. The number of likely N-dealkylation sites (tertiary alicyclic amines) is 1. The first kappa shape index (κ1) is 19.5. The van der Waals surface area contributed by atoms with E-state index in [0.29, 0.717) is 0 Å². The van der Waals surface area contributed by atoms with Crippen molar-refractivity contribution in [2.75, 3.05) is 20.2 Å². The maximum atomic E-state index is 11.4. The number of nitrogens with zero attached hydrogens (tertiary/aromatic N) is 1. The number of benzene rings is 2. The standard InChI is InChI=1S/C25H33NO2/c1-28-23-12-10-22(11-13-23)25(27)16-14-24(15-17-25,26-18-6-3-7-19-26)20-21-8-4-2-5-9-21/h2,4-5,8-13,27H,3,6-7,14-20H2,1H3. The van der Waals surface area contributed by atoms with Crippen LogP contribution in [0.15, 0.2) is 54.6 Å². The highest BCUT2D eigenvalue weighted by molar-refractivity contribution is 5.32. The number of methoxy groups -OCH3 is 1. The molecule has 1 saturated heterocycles. The molecule has 0 radical (unpaired) electrons. The average Bonchev–Trinajstić information content (AvgIpc) is 2.77. The van der Waals surface area contributed by atoms with Crippen LogP contribution in [0.4, 0.5) is 0 Å². The summed E-state index contributed by atoms with van der Waals surface area (Å²) in [6.07, 6.45) is 8.79. The van der Waals surface area contributed by atoms with Gasteiger partial charge in [0.2, 0.25) is 0 Å². The molecule has 0 spiro atoms. The minimum absolute atomic E-state index is 0.181. The Kier molecular flexibility index (Phi) is 5.75. The summed E-state index contributed by atoms with van der Waals surface area (Å²) in [6, 6.07) is 18.9. The molecular weight excluding hydrogens is 346 g/mol. The van der Waals surface area contributed by atoms with Crippen molar-refractivity contribution in [2.24, 2.45) is 0 Å². The molecule has 1 saturated carbocycles.